The lowest BCUT2D eigenvalue weighted by atomic mass is 10.1. The van der Waals surface area contributed by atoms with Crippen molar-refractivity contribution in [1.29, 1.82) is 0 Å². The molecule has 2 rings (SSSR count). The van der Waals surface area contributed by atoms with Crippen molar-refractivity contribution in [2.75, 3.05) is 46.9 Å². The summed E-state index contributed by atoms with van der Waals surface area (Å²) in [5.74, 6) is 1.55. The normalized spacial score (nSPS) is 17.3. The Morgan fingerprint density at radius 3 is 2.48 bits per heavy atom. The predicted molar refractivity (Wildman–Crippen MR) is 112 cm³/mol. The minimum atomic E-state index is -4.18. The fraction of sp³-hybridized carbons (Fsp3) is 0.611. The Labute approximate surface area is 176 Å². The van der Waals surface area contributed by atoms with E-state index in [0.717, 1.165) is 23.7 Å². The van der Waals surface area contributed by atoms with Crippen molar-refractivity contribution in [1.82, 2.24) is 15.1 Å². The van der Waals surface area contributed by atoms with E-state index in [2.05, 4.69) is 10.3 Å². The number of hydrogen-bond acceptors (Lipinski definition) is 3. The van der Waals surface area contributed by atoms with Gasteiger partial charge in [0.2, 0.25) is 0 Å². The molecular formula is C18H28F3IN4O. The van der Waals surface area contributed by atoms with E-state index in [0.29, 0.717) is 32.7 Å². The molecule has 1 heterocycles. The molecule has 1 unspecified atom stereocenters. The highest BCUT2D eigenvalue weighted by molar-refractivity contribution is 14.0. The lowest BCUT2D eigenvalue weighted by molar-refractivity contribution is -0.181. The first kappa shape index (κ1) is 23.8. The predicted octanol–water partition coefficient (Wildman–Crippen LogP) is 3.00. The van der Waals surface area contributed by atoms with E-state index in [4.69, 9.17) is 4.74 Å². The van der Waals surface area contributed by atoms with E-state index in [1.807, 2.05) is 29.2 Å². The number of hydrogen-bond donors (Lipinski definition) is 1. The number of methoxy groups -OCH3 is 1. The third-order valence-corrected chi connectivity index (χ3v) is 4.68. The van der Waals surface area contributed by atoms with Gasteiger partial charge in [-0.05, 0) is 31.0 Å². The first-order valence-electron chi connectivity index (χ1n) is 8.74. The van der Waals surface area contributed by atoms with Gasteiger partial charge in [-0.25, -0.2) is 0 Å². The Morgan fingerprint density at radius 1 is 1.26 bits per heavy atom. The second-order valence-electron chi connectivity index (χ2n) is 6.32. The zero-order valence-electron chi connectivity index (χ0n) is 15.9. The lowest BCUT2D eigenvalue weighted by Crippen LogP contribution is -2.56. The molecule has 0 amide bonds. The summed E-state index contributed by atoms with van der Waals surface area (Å²) in [7, 11) is 3.33. The van der Waals surface area contributed by atoms with Crippen LogP contribution >= 0.6 is 24.0 Å². The van der Waals surface area contributed by atoms with Crippen molar-refractivity contribution >= 4 is 29.9 Å². The van der Waals surface area contributed by atoms with E-state index in [1.54, 1.807) is 14.2 Å². The number of piperazine rings is 1. The number of rotatable bonds is 5. The van der Waals surface area contributed by atoms with Gasteiger partial charge >= 0.3 is 6.18 Å². The smallest absolute Gasteiger partial charge is 0.403 e. The Balaban J connectivity index is 0.00000364. The van der Waals surface area contributed by atoms with E-state index in [9.17, 15) is 13.2 Å². The Kier molecular flexibility index (Phi) is 9.65. The van der Waals surface area contributed by atoms with Crippen LogP contribution < -0.4 is 10.1 Å². The molecule has 9 heteroatoms. The Morgan fingerprint density at radius 2 is 1.93 bits per heavy atom. The van der Waals surface area contributed by atoms with Gasteiger partial charge in [0.25, 0.3) is 0 Å². The van der Waals surface area contributed by atoms with E-state index >= 15 is 0 Å². The number of aliphatic imine (C=N–C) groups is 1. The van der Waals surface area contributed by atoms with Crippen LogP contribution in [-0.2, 0) is 6.42 Å². The fourth-order valence-electron chi connectivity index (χ4n) is 3.01. The van der Waals surface area contributed by atoms with Gasteiger partial charge in [0.1, 0.15) is 11.8 Å². The quantitative estimate of drug-likeness (QED) is 0.384. The number of alkyl halides is 3. The van der Waals surface area contributed by atoms with E-state index in [-0.39, 0.29) is 24.0 Å². The van der Waals surface area contributed by atoms with Crippen LogP contribution in [-0.4, -0.2) is 74.9 Å². The summed E-state index contributed by atoms with van der Waals surface area (Å²) in [4.78, 5) is 7.74. The van der Waals surface area contributed by atoms with Crippen molar-refractivity contribution < 1.29 is 17.9 Å². The first-order valence-corrected chi connectivity index (χ1v) is 8.74. The van der Waals surface area contributed by atoms with Gasteiger partial charge in [0.05, 0.1) is 7.11 Å². The Bertz CT molecular complexity index is 605. The lowest BCUT2D eigenvalue weighted by Gasteiger charge is -2.39. The zero-order chi connectivity index (χ0) is 19.2. The van der Waals surface area contributed by atoms with Crippen molar-refractivity contribution in [3.8, 4) is 5.75 Å². The number of benzene rings is 1. The molecule has 0 spiro atoms. The van der Waals surface area contributed by atoms with Crippen LogP contribution in [0.4, 0.5) is 13.2 Å². The molecule has 1 fully saturated rings. The van der Waals surface area contributed by atoms with Crippen molar-refractivity contribution in [3.63, 3.8) is 0 Å². The van der Waals surface area contributed by atoms with Crippen LogP contribution in [0.5, 0.6) is 5.75 Å². The summed E-state index contributed by atoms with van der Waals surface area (Å²) in [5.41, 5.74) is 1.15. The summed E-state index contributed by atoms with van der Waals surface area (Å²) in [6, 6.07) is 6.46. The van der Waals surface area contributed by atoms with Crippen molar-refractivity contribution in [3.05, 3.63) is 29.8 Å². The minimum Gasteiger partial charge on any atom is -0.497 e. The third kappa shape index (κ3) is 7.02. The second kappa shape index (κ2) is 10.9. The highest BCUT2D eigenvalue weighted by atomic mass is 127. The fourth-order valence-corrected chi connectivity index (χ4v) is 3.01. The first-order chi connectivity index (χ1) is 12.3. The van der Waals surface area contributed by atoms with Crippen molar-refractivity contribution in [2.24, 2.45) is 4.99 Å². The van der Waals surface area contributed by atoms with Crippen LogP contribution in [0.2, 0.25) is 0 Å². The summed E-state index contributed by atoms with van der Waals surface area (Å²) >= 11 is 0. The van der Waals surface area contributed by atoms with Crippen molar-refractivity contribution in [2.45, 2.75) is 25.6 Å². The number of nitrogens with one attached hydrogen (secondary N) is 1. The zero-order valence-corrected chi connectivity index (χ0v) is 18.3. The number of ether oxygens (including phenoxy) is 1. The highest BCUT2D eigenvalue weighted by Crippen LogP contribution is 2.25. The summed E-state index contributed by atoms with van der Waals surface area (Å²) in [5, 5.41) is 3.29. The molecule has 0 bridgehead atoms. The van der Waals surface area contributed by atoms with Gasteiger partial charge in [0, 0.05) is 39.8 Å². The van der Waals surface area contributed by atoms with Crippen LogP contribution in [0.25, 0.3) is 0 Å². The maximum absolute atomic E-state index is 12.8. The largest absolute Gasteiger partial charge is 0.497 e. The maximum atomic E-state index is 12.8. The molecule has 1 aromatic carbocycles. The van der Waals surface area contributed by atoms with Crippen LogP contribution in [0.1, 0.15) is 12.5 Å². The molecule has 154 valence electrons. The van der Waals surface area contributed by atoms with E-state index in [1.165, 1.54) is 11.8 Å². The molecule has 0 aliphatic carbocycles. The van der Waals surface area contributed by atoms with Gasteiger partial charge < -0.3 is 15.0 Å². The summed E-state index contributed by atoms with van der Waals surface area (Å²) in [6.45, 7) is 3.71. The molecule has 0 aromatic heterocycles. The number of nitrogens with zero attached hydrogens (tertiary/aromatic N) is 3. The van der Waals surface area contributed by atoms with Gasteiger partial charge in [-0.3, -0.25) is 9.89 Å². The molecule has 1 N–H and O–H groups in total. The molecule has 5 nitrogen and oxygen atoms in total. The molecule has 1 saturated heterocycles. The van der Waals surface area contributed by atoms with Crippen LogP contribution in [0.3, 0.4) is 0 Å². The van der Waals surface area contributed by atoms with Crippen LogP contribution in [0.15, 0.2) is 29.3 Å². The van der Waals surface area contributed by atoms with E-state index < -0.39 is 12.2 Å². The average molecular weight is 500 g/mol. The van der Waals surface area contributed by atoms with Gasteiger partial charge in [-0.1, -0.05) is 12.1 Å². The molecule has 1 aromatic rings. The maximum Gasteiger partial charge on any atom is 0.403 e. The second-order valence-corrected chi connectivity index (χ2v) is 6.32. The molecule has 1 aliphatic rings. The van der Waals surface area contributed by atoms with Gasteiger partial charge in [0.15, 0.2) is 5.96 Å². The molecular weight excluding hydrogens is 472 g/mol. The molecule has 1 aliphatic heterocycles. The molecule has 0 saturated carbocycles. The SMILES string of the molecule is CN=C(NCCc1cccc(OC)c1)N1CCN(C(C)C(F)(F)F)CC1.I. The number of halogens is 4. The third-order valence-electron chi connectivity index (χ3n) is 4.68. The monoisotopic (exact) mass is 500 g/mol. The Hall–Kier alpha value is -1.23. The standard InChI is InChI=1S/C18H27F3N4O.HI/c1-14(18(19,20)21)24-9-11-25(12-10-24)17(22-2)23-8-7-15-5-4-6-16(13-15)26-3;/h4-6,13-14H,7-12H2,1-3H3,(H,22,23);1H. The van der Waals surface area contributed by atoms with Crippen LogP contribution in [0, 0.1) is 0 Å². The van der Waals surface area contributed by atoms with Gasteiger partial charge in [-0.15, -0.1) is 24.0 Å². The topological polar surface area (TPSA) is 40.1 Å². The summed E-state index contributed by atoms with van der Waals surface area (Å²) < 4.78 is 43.7. The number of guanidine groups is 1. The minimum absolute atomic E-state index is 0. The highest BCUT2D eigenvalue weighted by Gasteiger charge is 2.41. The van der Waals surface area contributed by atoms with Gasteiger partial charge in [-0.2, -0.15) is 13.2 Å². The molecule has 27 heavy (non-hydrogen) atoms. The summed E-state index contributed by atoms with van der Waals surface area (Å²) in [6.07, 6.45) is -3.37. The molecule has 1 atom stereocenters. The molecule has 0 radical (unpaired) electrons. The average Bonchev–Trinajstić information content (AvgIpc) is 2.64.